The van der Waals surface area contributed by atoms with E-state index in [0.29, 0.717) is 18.7 Å². The molecule has 4 rings (SSSR count). The topological polar surface area (TPSA) is 42.4 Å². The van der Waals surface area contributed by atoms with Gasteiger partial charge in [-0.2, -0.15) is 0 Å². The van der Waals surface area contributed by atoms with E-state index < -0.39 is 0 Å². The van der Waals surface area contributed by atoms with Crippen molar-refractivity contribution < 1.29 is 9.53 Å². The van der Waals surface area contributed by atoms with E-state index in [1.807, 2.05) is 96.8 Å². The standard InChI is InChI=1S/C26H24N2O2/c1-19-24(16-22-15-23(30-2)13-14-25(22)27-19)26(29)28(17-20-9-5-3-6-10-20)18-21-11-7-4-8-12-21/h3-16H,17-18H2,1-2H3. The van der Waals surface area contributed by atoms with E-state index in [-0.39, 0.29) is 5.91 Å². The Labute approximate surface area is 176 Å². The number of rotatable bonds is 6. The fourth-order valence-corrected chi connectivity index (χ4v) is 3.57. The molecule has 1 amide bonds. The maximum absolute atomic E-state index is 13.6. The Morgan fingerprint density at radius 2 is 1.47 bits per heavy atom. The lowest BCUT2D eigenvalue weighted by Crippen LogP contribution is -2.30. The van der Waals surface area contributed by atoms with Gasteiger partial charge in [-0.05, 0) is 42.3 Å². The summed E-state index contributed by atoms with van der Waals surface area (Å²) in [6.45, 7) is 2.95. The molecule has 0 atom stereocenters. The van der Waals surface area contributed by atoms with Gasteiger partial charge in [0.15, 0.2) is 0 Å². The van der Waals surface area contributed by atoms with E-state index in [1.54, 1.807) is 7.11 Å². The first-order chi connectivity index (χ1) is 14.6. The molecule has 4 heteroatoms. The second-order valence-electron chi connectivity index (χ2n) is 7.31. The molecule has 150 valence electrons. The minimum absolute atomic E-state index is 0.0302. The van der Waals surface area contributed by atoms with Crippen LogP contribution in [0.15, 0.2) is 84.9 Å². The van der Waals surface area contributed by atoms with Gasteiger partial charge in [0, 0.05) is 18.5 Å². The predicted molar refractivity (Wildman–Crippen MR) is 119 cm³/mol. The lowest BCUT2D eigenvalue weighted by atomic mass is 10.1. The van der Waals surface area contributed by atoms with Gasteiger partial charge in [0.2, 0.25) is 0 Å². The van der Waals surface area contributed by atoms with Gasteiger partial charge < -0.3 is 9.64 Å². The van der Waals surface area contributed by atoms with Gasteiger partial charge in [-0.25, -0.2) is 0 Å². The first-order valence-electron chi connectivity index (χ1n) is 9.96. The molecule has 0 fully saturated rings. The summed E-state index contributed by atoms with van der Waals surface area (Å²) < 4.78 is 5.34. The fraction of sp³-hybridized carbons (Fsp3) is 0.154. The van der Waals surface area contributed by atoms with Crippen molar-refractivity contribution in [2.45, 2.75) is 20.0 Å². The maximum atomic E-state index is 13.6. The third kappa shape index (κ3) is 4.33. The van der Waals surface area contributed by atoms with Crippen LogP contribution in [-0.4, -0.2) is 22.9 Å². The van der Waals surface area contributed by atoms with Crippen LogP contribution >= 0.6 is 0 Å². The Hall–Kier alpha value is -3.66. The van der Waals surface area contributed by atoms with Gasteiger partial charge in [-0.3, -0.25) is 9.78 Å². The van der Waals surface area contributed by atoms with Crippen LogP contribution in [0.4, 0.5) is 0 Å². The minimum Gasteiger partial charge on any atom is -0.497 e. The van der Waals surface area contributed by atoms with Gasteiger partial charge >= 0.3 is 0 Å². The number of hydrogen-bond donors (Lipinski definition) is 0. The Kier molecular flexibility index (Phi) is 5.75. The molecule has 4 aromatic rings. The van der Waals surface area contributed by atoms with E-state index in [2.05, 4.69) is 4.98 Å². The number of amides is 1. The molecule has 1 aromatic heterocycles. The van der Waals surface area contributed by atoms with Crippen LogP contribution in [0.2, 0.25) is 0 Å². The van der Waals surface area contributed by atoms with Gasteiger partial charge in [-0.1, -0.05) is 60.7 Å². The highest BCUT2D eigenvalue weighted by atomic mass is 16.5. The van der Waals surface area contributed by atoms with Crippen molar-refractivity contribution in [2.24, 2.45) is 0 Å². The van der Waals surface area contributed by atoms with Crippen molar-refractivity contribution in [2.75, 3.05) is 7.11 Å². The van der Waals surface area contributed by atoms with Crippen LogP contribution in [0.25, 0.3) is 10.9 Å². The number of pyridine rings is 1. The number of nitrogens with zero attached hydrogens (tertiary/aromatic N) is 2. The maximum Gasteiger partial charge on any atom is 0.256 e. The summed E-state index contributed by atoms with van der Waals surface area (Å²) in [6.07, 6.45) is 0. The number of aryl methyl sites for hydroxylation is 1. The molecule has 1 heterocycles. The Balaban J connectivity index is 1.72. The number of carbonyl (C=O) groups excluding carboxylic acids is 1. The van der Waals surface area contributed by atoms with Crippen molar-refractivity contribution in [3.8, 4) is 5.75 Å². The Morgan fingerprint density at radius 3 is 2.03 bits per heavy atom. The molecule has 0 spiro atoms. The molecule has 0 saturated carbocycles. The molecule has 0 aliphatic carbocycles. The van der Waals surface area contributed by atoms with Crippen LogP contribution in [0.3, 0.4) is 0 Å². The number of hydrogen-bond acceptors (Lipinski definition) is 3. The van der Waals surface area contributed by atoms with Crippen molar-refractivity contribution >= 4 is 16.8 Å². The van der Waals surface area contributed by atoms with Crippen LogP contribution in [0.1, 0.15) is 27.2 Å². The molecule has 0 unspecified atom stereocenters. The monoisotopic (exact) mass is 396 g/mol. The average molecular weight is 396 g/mol. The normalized spacial score (nSPS) is 10.7. The highest BCUT2D eigenvalue weighted by molar-refractivity contribution is 5.98. The van der Waals surface area contributed by atoms with Crippen molar-refractivity contribution in [1.29, 1.82) is 0 Å². The lowest BCUT2D eigenvalue weighted by molar-refractivity contribution is 0.0729. The summed E-state index contributed by atoms with van der Waals surface area (Å²) in [5.74, 6) is 0.717. The highest BCUT2D eigenvalue weighted by Gasteiger charge is 2.20. The molecule has 3 aromatic carbocycles. The molecule has 0 bridgehead atoms. The van der Waals surface area contributed by atoms with Crippen LogP contribution < -0.4 is 4.74 Å². The number of ether oxygens (including phenoxy) is 1. The van der Waals surface area contributed by atoms with E-state index in [1.165, 1.54) is 0 Å². The zero-order valence-corrected chi connectivity index (χ0v) is 17.2. The van der Waals surface area contributed by atoms with Gasteiger partial charge in [0.25, 0.3) is 5.91 Å². The molecular weight excluding hydrogens is 372 g/mol. The second kappa shape index (κ2) is 8.78. The molecule has 0 aliphatic rings. The molecule has 0 aliphatic heterocycles. The molecular formula is C26H24N2O2. The van der Waals surface area contributed by atoms with Crippen LogP contribution in [0.5, 0.6) is 5.75 Å². The number of aromatic nitrogens is 1. The minimum atomic E-state index is -0.0302. The Bertz CT molecular complexity index is 1120. The summed E-state index contributed by atoms with van der Waals surface area (Å²) in [5.41, 5.74) is 4.37. The first kappa shape index (κ1) is 19.6. The number of carbonyl (C=O) groups is 1. The zero-order chi connectivity index (χ0) is 20.9. The lowest BCUT2D eigenvalue weighted by Gasteiger charge is -2.24. The summed E-state index contributed by atoms with van der Waals surface area (Å²) >= 11 is 0. The van der Waals surface area contributed by atoms with Crippen LogP contribution in [-0.2, 0) is 13.1 Å². The second-order valence-corrected chi connectivity index (χ2v) is 7.31. The molecule has 0 N–H and O–H groups in total. The summed E-state index contributed by atoms with van der Waals surface area (Å²) in [6, 6.07) is 27.8. The van der Waals surface area contributed by atoms with Crippen molar-refractivity contribution in [3.63, 3.8) is 0 Å². The SMILES string of the molecule is COc1ccc2nc(C)c(C(=O)N(Cc3ccccc3)Cc3ccccc3)cc2c1. The van der Waals surface area contributed by atoms with Gasteiger partial charge in [-0.15, -0.1) is 0 Å². The first-order valence-corrected chi connectivity index (χ1v) is 9.96. The van der Waals surface area contributed by atoms with E-state index in [0.717, 1.165) is 33.5 Å². The third-order valence-electron chi connectivity index (χ3n) is 5.16. The van der Waals surface area contributed by atoms with Gasteiger partial charge in [0.1, 0.15) is 5.75 Å². The number of fused-ring (bicyclic) bond motifs is 1. The smallest absolute Gasteiger partial charge is 0.256 e. The van der Waals surface area contributed by atoms with E-state index in [9.17, 15) is 4.79 Å². The van der Waals surface area contributed by atoms with E-state index >= 15 is 0 Å². The summed E-state index contributed by atoms with van der Waals surface area (Å²) in [5, 5.41) is 0.891. The molecule has 0 radical (unpaired) electrons. The van der Waals surface area contributed by atoms with E-state index in [4.69, 9.17) is 4.74 Å². The predicted octanol–water partition coefficient (Wildman–Crippen LogP) is 5.39. The highest BCUT2D eigenvalue weighted by Crippen LogP contribution is 2.24. The fourth-order valence-electron chi connectivity index (χ4n) is 3.57. The molecule has 0 saturated heterocycles. The molecule has 4 nitrogen and oxygen atoms in total. The zero-order valence-electron chi connectivity index (χ0n) is 17.2. The van der Waals surface area contributed by atoms with Gasteiger partial charge in [0.05, 0.1) is 23.9 Å². The largest absolute Gasteiger partial charge is 0.497 e. The summed E-state index contributed by atoms with van der Waals surface area (Å²) in [7, 11) is 1.64. The van der Waals surface area contributed by atoms with Crippen molar-refractivity contribution in [3.05, 3.63) is 107 Å². The van der Waals surface area contributed by atoms with Crippen molar-refractivity contribution in [1.82, 2.24) is 9.88 Å². The van der Waals surface area contributed by atoms with Crippen LogP contribution in [0, 0.1) is 6.92 Å². The summed E-state index contributed by atoms with van der Waals surface area (Å²) in [4.78, 5) is 20.2. The number of methoxy groups -OCH3 is 1. The average Bonchev–Trinajstić information content (AvgIpc) is 2.79. The Morgan fingerprint density at radius 1 is 0.867 bits per heavy atom. The number of benzene rings is 3. The quantitative estimate of drug-likeness (QED) is 0.439. The molecule has 30 heavy (non-hydrogen) atoms. The third-order valence-corrected chi connectivity index (χ3v) is 5.16.